The molecule has 0 atom stereocenters. The standard InChI is InChI=1S/C12H23F3N2/c1-9(2)17(8-12(13,14)15)11-6-4-10(16-3)5-7-11/h9-11,16H,4-8H2,1-3H3. The van der Waals surface area contributed by atoms with Crippen LogP contribution in [-0.2, 0) is 0 Å². The summed E-state index contributed by atoms with van der Waals surface area (Å²) in [6.45, 7) is 2.91. The first kappa shape index (κ1) is 14.8. The average Bonchev–Trinajstić information content (AvgIpc) is 2.25. The highest BCUT2D eigenvalue weighted by molar-refractivity contribution is 4.84. The Hall–Kier alpha value is -0.290. The van der Waals surface area contributed by atoms with Crippen LogP contribution in [0.2, 0.25) is 0 Å². The SMILES string of the molecule is CNC1CCC(N(CC(F)(F)F)C(C)C)CC1. The number of hydrogen-bond acceptors (Lipinski definition) is 2. The van der Waals surface area contributed by atoms with Gasteiger partial charge < -0.3 is 5.32 Å². The number of hydrogen-bond donors (Lipinski definition) is 1. The molecule has 102 valence electrons. The first-order chi connectivity index (χ1) is 7.83. The molecule has 1 saturated carbocycles. The maximum atomic E-state index is 12.5. The highest BCUT2D eigenvalue weighted by Gasteiger charge is 2.36. The van der Waals surface area contributed by atoms with Gasteiger partial charge in [0, 0.05) is 18.1 Å². The number of nitrogens with one attached hydrogen (secondary N) is 1. The largest absolute Gasteiger partial charge is 0.401 e. The maximum Gasteiger partial charge on any atom is 0.401 e. The van der Waals surface area contributed by atoms with E-state index in [9.17, 15) is 13.2 Å². The summed E-state index contributed by atoms with van der Waals surface area (Å²) in [4.78, 5) is 1.60. The lowest BCUT2D eigenvalue weighted by molar-refractivity contribution is -0.156. The van der Waals surface area contributed by atoms with Gasteiger partial charge in [-0.2, -0.15) is 13.2 Å². The summed E-state index contributed by atoms with van der Waals surface area (Å²) in [5.41, 5.74) is 0. The molecule has 0 radical (unpaired) electrons. The zero-order valence-electron chi connectivity index (χ0n) is 10.8. The number of rotatable bonds is 4. The first-order valence-electron chi connectivity index (χ1n) is 6.33. The molecule has 0 saturated heterocycles. The number of nitrogens with zero attached hydrogens (tertiary/aromatic N) is 1. The second-order valence-electron chi connectivity index (χ2n) is 5.18. The van der Waals surface area contributed by atoms with Crippen molar-refractivity contribution in [2.75, 3.05) is 13.6 Å². The van der Waals surface area contributed by atoms with Gasteiger partial charge in [0.2, 0.25) is 0 Å². The molecule has 0 unspecified atom stereocenters. The van der Waals surface area contributed by atoms with Gasteiger partial charge in [-0.15, -0.1) is 0 Å². The van der Waals surface area contributed by atoms with Gasteiger partial charge in [0.15, 0.2) is 0 Å². The van der Waals surface area contributed by atoms with Crippen molar-refractivity contribution >= 4 is 0 Å². The zero-order valence-corrected chi connectivity index (χ0v) is 10.8. The molecule has 0 aromatic carbocycles. The van der Waals surface area contributed by atoms with Crippen LogP contribution in [-0.4, -0.2) is 42.8 Å². The third-order valence-corrected chi connectivity index (χ3v) is 3.60. The van der Waals surface area contributed by atoms with E-state index in [1.165, 1.54) is 0 Å². The molecule has 0 heterocycles. The van der Waals surface area contributed by atoms with Gasteiger partial charge in [0.25, 0.3) is 0 Å². The number of halogens is 3. The predicted octanol–water partition coefficient (Wildman–Crippen LogP) is 2.79. The summed E-state index contributed by atoms with van der Waals surface area (Å²) in [5.74, 6) is 0. The van der Waals surface area contributed by atoms with Crippen LogP contribution < -0.4 is 5.32 Å². The second-order valence-corrected chi connectivity index (χ2v) is 5.18. The van der Waals surface area contributed by atoms with E-state index in [1.54, 1.807) is 4.90 Å². The Bertz CT molecular complexity index is 220. The molecular weight excluding hydrogens is 229 g/mol. The molecule has 2 nitrogen and oxygen atoms in total. The molecular formula is C12H23F3N2. The molecule has 0 aromatic rings. The normalized spacial score (nSPS) is 26.8. The molecule has 0 amide bonds. The average molecular weight is 252 g/mol. The second kappa shape index (κ2) is 6.05. The van der Waals surface area contributed by atoms with Gasteiger partial charge in [-0.25, -0.2) is 0 Å². The summed E-state index contributed by atoms with van der Waals surface area (Å²) >= 11 is 0. The van der Waals surface area contributed by atoms with Crippen molar-refractivity contribution < 1.29 is 13.2 Å². The van der Waals surface area contributed by atoms with Gasteiger partial charge in [0.05, 0.1) is 6.54 Å². The Kier molecular flexibility index (Phi) is 5.25. The monoisotopic (exact) mass is 252 g/mol. The van der Waals surface area contributed by atoms with Gasteiger partial charge in [0.1, 0.15) is 0 Å². The van der Waals surface area contributed by atoms with Crippen LogP contribution in [0.1, 0.15) is 39.5 Å². The van der Waals surface area contributed by atoms with Crippen LogP contribution in [0, 0.1) is 0 Å². The Morgan fingerprint density at radius 1 is 1.18 bits per heavy atom. The first-order valence-corrected chi connectivity index (χ1v) is 6.33. The molecule has 1 aliphatic rings. The van der Waals surface area contributed by atoms with Gasteiger partial charge in [-0.05, 0) is 46.6 Å². The van der Waals surface area contributed by atoms with E-state index in [-0.39, 0.29) is 12.1 Å². The Morgan fingerprint density at radius 3 is 2.06 bits per heavy atom. The summed E-state index contributed by atoms with van der Waals surface area (Å²) in [6.07, 6.45) is -0.422. The lowest BCUT2D eigenvalue weighted by Crippen LogP contribution is -2.48. The predicted molar refractivity (Wildman–Crippen MR) is 63.0 cm³/mol. The molecule has 0 aliphatic heterocycles. The third kappa shape index (κ3) is 4.84. The highest BCUT2D eigenvalue weighted by atomic mass is 19.4. The molecule has 1 N–H and O–H groups in total. The van der Waals surface area contributed by atoms with Gasteiger partial charge >= 0.3 is 6.18 Å². The quantitative estimate of drug-likeness (QED) is 0.827. The van der Waals surface area contributed by atoms with Crippen molar-refractivity contribution in [1.82, 2.24) is 10.2 Å². The molecule has 0 spiro atoms. The van der Waals surface area contributed by atoms with Crippen molar-refractivity contribution in [3.63, 3.8) is 0 Å². The highest BCUT2D eigenvalue weighted by Crippen LogP contribution is 2.27. The van der Waals surface area contributed by atoms with Gasteiger partial charge in [-0.1, -0.05) is 0 Å². The fourth-order valence-corrected chi connectivity index (χ4v) is 2.64. The van der Waals surface area contributed by atoms with Crippen LogP contribution in [0.3, 0.4) is 0 Å². The molecule has 1 rings (SSSR count). The fourth-order valence-electron chi connectivity index (χ4n) is 2.64. The topological polar surface area (TPSA) is 15.3 Å². The van der Waals surface area contributed by atoms with E-state index in [1.807, 2.05) is 20.9 Å². The lowest BCUT2D eigenvalue weighted by atomic mass is 9.89. The summed E-state index contributed by atoms with van der Waals surface area (Å²) in [5, 5.41) is 3.20. The summed E-state index contributed by atoms with van der Waals surface area (Å²) < 4.78 is 37.5. The number of alkyl halides is 3. The molecule has 17 heavy (non-hydrogen) atoms. The van der Waals surface area contributed by atoms with Gasteiger partial charge in [-0.3, -0.25) is 4.90 Å². The van der Waals surface area contributed by atoms with Crippen LogP contribution in [0.4, 0.5) is 13.2 Å². The fraction of sp³-hybridized carbons (Fsp3) is 1.00. The smallest absolute Gasteiger partial charge is 0.317 e. The Balaban J connectivity index is 2.54. The Labute approximate surface area is 102 Å². The van der Waals surface area contributed by atoms with E-state index in [0.29, 0.717) is 6.04 Å². The minimum Gasteiger partial charge on any atom is -0.317 e. The van der Waals surface area contributed by atoms with E-state index in [0.717, 1.165) is 25.7 Å². The van der Waals surface area contributed by atoms with E-state index >= 15 is 0 Å². The lowest BCUT2D eigenvalue weighted by Gasteiger charge is -2.39. The minimum absolute atomic E-state index is 0.0484. The van der Waals surface area contributed by atoms with Crippen molar-refractivity contribution in [3.05, 3.63) is 0 Å². The van der Waals surface area contributed by atoms with E-state index in [4.69, 9.17) is 0 Å². The van der Waals surface area contributed by atoms with Crippen molar-refractivity contribution in [2.45, 2.75) is 63.8 Å². The zero-order chi connectivity index (χ0) is 13.1. The van der Waals surface area contributed by atoms with Crippen LogP contribution in [0.15, 0.2) is 0 Å². The Morgan fingerprint density at radius 2 is 1.71 bits per heavy atom. The van der Waals surface area contributed by atoms with Crippen molar-refractivity contribution in [3.8, 4) is 0 Å². The van der Waals surface area contributed by atoms with Crippen LogP contribution in [0.5, 0.6) is 0 Å². The summed E-state index contributed by atoms with van der Waals surface area (Å²) in [6, 6.07) is 0.514. The maximum absolute atomic E-state index is 12.5. The molecule has 5 heteroatoms. The molecule has 1 fully saturated rings. The molecule has 1 aliphatic carbocycles. The van der Waals surface area contributed by atoms with E-state index < -0.39 is 12.7 Å². The summed E-state index contributed by atoms with van der Waals surface area (Å²) in [7, 11) is 1.92. The third-order valence-electron chi connectivity index (χ3n) is 3.60. The van der Waals surface area contributed by atoms with Crippen LogP contribution >= 0.6 is 0 Å². The minimum atomic E-state index is -4.09. The molecule has 0 aromatic heterocycles. The van der Waals surface area contributed by atoms with Crippen LogP contribution in [0.25, 0.3) is 0 Å². The van der Waals surface area contributed by atoms with E-state index in [2.05, 4.69) is 5.32 Å². The van der Waals surface area contributed by atoms with Crippen molar-refractivity contribution in [2.24, 2.45) is 0 Å². The molecule has 0 bridgehead atoms. The van der Waals surface area contributed by atoms with Crippen molar-refractivity contribution in [1.29, 1.82) is 0 Å².